The van der Waals surface area contributed by atoms with Crippen LogP contribution in [0.1, 0.15) is 26.3 Å². The Hall–Kier alpha value is -2.12. The average molecular weight is 428 g/mol. The second-order valence-electron chi connectivity index (χ2n) is 6.86. The van der Waals surface area contributed by atoms with E-state index in [0.29, 0.717) is 13.1 Å². The van der Waals surface area contributed by atoms with Gasteiger partial charge in [-0.3, -0.25) is 4.79 Å². The van der Waals surface area contributed by atoms with Gasteiger partial charge >= 0.3 is 10.1 Å². The molecule has 0 radical (unpaired) electrons. The number of amides is 1. The molecule has 2 aromatic carbocycles. The van der Waals surface area contributed by atoms with Gasteiger partial charge in [0.2, 0.25) is 5.91 Å². The molecule has 2 aromatic rings. The fourth-order valence-corrected chi connectivity index (χ4v) is 3.64. The van der Waals surface area contributed by atoms with Gasteiger partial charge in [-0.25, -0.2) is 4.39 Å². The van der Waals surface area contributed by atoms with Gasteiger partial charge in [0.1, 0.15) is 21.8 Å². The van der Waals surface area contributed by atoms with Gasteiger partial charge in [0.15, 0.2) is 0 Å². The molecule has 0 aromatic heterocycles. The van der Waals surface area contributed by atoms with Crippen LogP contribution in [0.15, 0.2) is 53.4 Å². The summed E-state index contributed by atoms with van der Waals surface area (Å²) in [6, 6.07) is 10.8. The summed E-state index contributed by atoms with van der Waals surface area (Å²) in [4.78, 5) is 13.8. The monoisotopic (exact) mass is 427 g/mol. The molecule has 0 heterocycles. The quantitative estimate of drug-likeness (QED) is 0.467. The molecule has 0 spiro atoms. The minimum absolute atomic E-state index is 0.125. The highest BCUT2D eigenvalue weighted by atomic mass is 35.5. The largest absolute Gasteiger partial charge is 0.379 e. The van der Waals surface area contributed by atoms with Crippen molar-refractivity contribution in [1.29, 1.82) is 0 Å². The Balaban J connectivity index is 2.11. The van der Waals surface area contributed by atoms with Gasteiger partial charge in [0.05, 0.1) is 0 Å². The van der Waals surface area contributed by atoms with Crippen molar-refractivity contribution in [3.63, 3.8) is 0 Å². The lowest BCUT2D eigenvalue weighted by molar-refractivity contribution is -0.131. The smallest absolute Gasteiger partial charge is 0.339 e. The Morgan fingerprint density at radius 1 is 1.07 bits per heavy atom. The highest BCUT2D eigenvalue weighted by Crippen LogP contribution is 2.20. The van der Waals surface area contributed by atoms with E-state index in [9.17, 15) is 17.6 Å². The predicted octanol–water partition coefficient (Wildman–Crippen LogP) is 4.21. The van der Waals surface area contributed by atoms with Crippen LogP contribution >= 0.6 is 11.6 Å². The molecule has 1 atom stereocenters. The number of carbonyl (C=O) groups excluding carboxylic acids is 1. The Bertz CT molecular complexity index is 897. The van der Waals surface area contributed by atoms with Crippen LogP contribution in [0.3, 0.4) is 0 Å². The fraction of sp³-hybridized carbons (Fsp3) is 0.350. The number of benzene rings is 2. The maximum atomic E-state index is 13.0. The lowest BCUT2D eigenvalue weighted by Gasteiger charge is -2.26. The molecule has 0 fully saturated rings. The molecular formula is C20H23ClFNO4S. The fourth-order valence-electron chi connectivity index (χ4n) is 2.57. The molecule has 8 heteroatoms. The van der Waals surface area contributed by atoms with Crippen LogP contribution in [-0.2, 0) is 21.5 Å². The van der Waals surface area contributed by atoms with Crippen LogP contribution in [0, 0.1) is 11.7 Å². The van der Waals surface area contributed by atoms with Crippen molar-refractivity contribution in [2.24, 2.45) is 5.92 Å². The molecule has 0 N–H and O–H groups in total. The van der Waals surface area contributed by atoms with Gasteiger partial charge in [-0.15, -0.1) is 11.6 Å². The van der Waals surface area contributed by atoms with Crippen molar-refractivity contribution < 1.29 is 21.8 Å². The first-order valence-corrected chi connectivity index (χ1v) is 10.6. The summed E-state index contributed by atoms with van der Waals surface area (Å²) in [5, 5.41) is -0.623. The third-order valence-electron chi connectivity index (χ3n) is 3.84. The standard InChI is InChI=1S/C20H23ClFNO4S/c1-14(2)12-23(20(24)15(3)21)13-16-4-8-18(9-5-16)27-28(25,26)19-10-6-17(22)7-11-19/h4-11,14-15H,12-13H2,1-3H3. The van der Waals surface area contributed by atoms with Crippen LogP contribution in [0.25, 0.3) is 0 Å². The zero-order valence-corrected chi connectivity index (χ0v) is 17.5. The third-order valence-corrected chi connectivity index (χ3v) is 5.29. The van der Waals surface area contributed by atoms with Gasteiger partial charge in [-0.05, 0) is 54.8 Å². The molecule has 1 unspecified atom stereocenters. The second kappa shape index (κ2) is 9.39. The molecule has 0 aliphatic heterocycles. The second-order valence-corrected chi connectivity index (χ2v) is 9.06. The SMILES string of the molecule is CC(C)CN(Cc1ccc(OS(=O)(=O)c2ccc(F)cc2)cc1)C(=O)C(C)Cl. The number of hydrogen-bond donors (Lipinski definition) is 0. The van der Waals surface area contributed by atoms with Crippen LogP contribution in [0.5, 0.6) is 5.75 Å². The number of alkyl halides is 1. The summed E-state index contributed by atoms with van der Waals surface area (Å²) in [6.07, 6.45) is 0. The molecule has 28 heavy (non-hydrogen) atoms. The van der Waals surface area contributed by atoms with Crippen LogP contribution in [0.2, 0.25) is 0 Å². The van der Waals surface area contributed by atoms with Crippen LogP contribution < -0.4 is 4.18 Å². The minimum Gasteiger partial charge on any atom is -0.379 e. The molecule has 0 bridgehead atoms. The highest BCUT2D eigenvalue weighted by molar-refractivity contribution is 7.87. The van der Waals surface area contributed by atoms with E-state index in [-0.39, 0.29) is 22.5 Å². The third kappa shape index (κ3) is 6.21. The molecule has 0 saturated heterocycles. The minimum atomic E-state index is -4.06. The number of halogens is 2. The number of hydrogen-bond acceptors (Lipinski definition) is 4. The summed E-state index contributed by atoms with van der Waals surface area (Å²) >= 11 is 5.94. The van der Waals surface area contributed by atoms with E-state index in [2.05, 4.69) is 0 Å². The zero-order chi connectivity index (χ0) is 20.9. The van der Waals surface area contributed by atoms with E-state index < -0.39 is 21.3 Å². The molecule has 2 rings (SSSR count). The van der Waals surface area contributed by atoms with Gasteiger partial charge < -0.3 is 9.08 Å². The first-order valence-electron chi connectivity index (χ1n) is 8.80. The molecule has 5 nitrogen and oxygen atoms in total. The first-order chi connectivity index (χ1) is 13.1. The average Bonchev–Trinajstić information content (AvgIpc) is 2.61. The summed E-state index contributed by atoms with van der Waals surface area (Å²) in [6.45, 7) is 6.58. The lowest BCUT2D eigenvalue weighted by Crippen LogP contribution is -2.37. The van der Waals surface area contributed by atoms with Crippen molar-refractivity contribution in [3.8, 4) is 5.75 Å². The van der Waals surface area contributed by atoms with E-state index in [0.717, 1.165) is 29.8 Å². The molecule has 0 aliphatic carbocycles. The summed E-state index contributed by atoms with van der Waals surface area (Å²) < 4.78 is 42.5. The Morgan fingerprint density at radius 3 is 2.14 bits per heavy atom. The van der Waals surface area contributed by atoms with E-state index >= 15 is 0 Å². The van der Waals surface area contributed by atoms with E-state index in [1.165, 1.54) is 12.1 Å². The van der Waals surface area contributed by atoms with Gasteiger partial charge in [0.25, 0.3) is 0 Å². The molecule has 0 aliphatic rings. The Kier molecular flexibility index (Phi) is 7.43. The topological polar surface area (TPSA) is 63.7 Å². The summed E-state index contributed by atoms with van der Waals surface area (Å²) in [7, 11) is -4.06. The Labute approximate surface area is 170 Å². The normalized spacial score (nSPS) is 12.6. The number of carbonyl (C=O) groups is 1. The molecule has 0 saturated carbocycles. The molecular weight excluding hydrogens is 405 g/mol. The Morgan fingerprint density at radius 2 is 1.64 bits per heavy atom. The van der Waals surface area contributed by atoms with Crippen molar-refractivity contribution in [2.75, 3.05) is 6.54 Å². The molecule has 152 valence electrons. The van der Waals surface area contributed by atoms with Crippen LogP contribution in [0.4, 0.5) is 4.39 Å². The predicted molar refractivity (Wildman–Crippen MR) is 106 cm³/mol. The van der Waals surface area contributed by atoms with Gasteiger partial charge in [-0.1, -0.05) is 26.0 Å². The van der Waals surface area contributed by atoms with Crippen molar-refractivity contribution in [2.45, 2.75) is 37.6 Å². The summed E-state index contributed by atoms with van der Waals surface area (Å²) in [5.74, 6) is -0.284. The lowest BCUT2D eigenvalue weighted by atomic mass is 10.1. The number of rotatable bonds is 8. The first kappa shape index (κ1) is 22.2. The van der Waals surface area contributed by atoms with Crippen molar-refractivity contribution in [1.82, 2.24) is 4.90 Å². The maximum absolute atomic E-state index is 13.0. The van der Waals surface area contributed by atoms with E-state index in [1.807, 2.05) is 13.8 Å². The van der Waals surface area contributed by atoms with Gasteiger partial charge in [-0.2, -0.15) is 8.42 Å². The summed E-state index contributed by atoms with van der Waals surface area (Å²) in [5.41, 5.74) is 0.817. The van der Waals surface area contributed by atoms with E-state index in [4.69, 9.17) is 15.8 Å². The molecule has 1 amide bonds. The van der Waals surface area contributed by atoms with Gasteiger partial charge in [0, 0.05) is 13.1 Å². The zero-order valence-electron chi connectivity index (χ0n) is 15.9. The van der Waals surface area contributed by atoms with Crippen LogP contribution in [-0.4, -0.2) is 31.1 Å². The maximum Gasteiger partial charge on any atom is 0.339 e. The van der Waals surface area contributed by atoms with Crippen molar-refractivity contribution in [3.05, 3.63) is 59.9 Å². The van der Waals surface area contributed by atoms with E-state index in [1.54, 1.807) is 24.0 Å². The number of nitrogens with zero attached hydrogens (tertiary/aromatic N) is 1. The van der Waals surface area contributed by atoms with Crippen molar-refractivity contribution >= 4 is 27.6 Å². The highest BCUT2D eigenvalue weighted by Gasteiger charge is 2.20.